The highest BCUT2D eigenvalue weighted by atomic mass is 35.5. The molecule has 0 unspecified atom stereocenters. The fourth-order valence-electron chi connectivity index (χ4n) is 1.65. The summed E-state index contributed by atoms with van der Waals surface area (Å²) in [5.74, 6) is 1.46. The Morgan fingerprint density at radius 2 is 2.07 bits per heavy atom. The van der Waals surface area contributed by atoms with Crippen LogP contribution in [0.2, 0.25) is 5.02 Å². The molecule has 1 aliphatic heterocycles. The van der Waals surface area contributed by atoms with Crippen molar-refractivity contribution in [3.63, 3.8) is 0 Å². The Kier molecular flexibility index (Phi) is 2.32. The molecule has 0 saturated heterocycles. The number of rotatable bonds is 1. The van der Waals surface area contributed by atoms with Crippen molar-refractivity contribution in [2.75, 3.05) is 6.79 Å². The van der Waals surface area contributed by atoms with Gasteiger partial charge in [0.25, 0.3) is 0 Å². The van der Waals surface area contributed by atoms with Crippen LogP contribution in [0.15, 0.2) is 6.07 Å². The van der Waals surface area contributed by atoms with Crippen LogP contribution < -0.4 is 15.2 Å². The number of ether oxygens (including phenoxy) is 2. The molecule has 0 bridgehead atoms. The Morgan fingerprint density at radius 3 is 2.67 bits per heavy atom. The molecule has 0 aliphatic carbocycles. The number of hydrogen-bond donors (Lipinski definition) is 1. The zero-order chi connectivity index (χ0) is 11.2. The first kappa shape index (κ1) is 10.6. The van der Waals surface area contributed by atoms with Gasteiger partial charge in [-0.2, -0.15) is 0 Å². The Labute approximate surface area is 94.1 Å². The van der Waals surface area contributed by atoms with E-state index in [2.05, 4.69) is 0 Å². The van der Waals surface area contributed by atoms with Crippen LogP contribution >= 0.6 is 11.6 Å². The fourth-order valence-corrected chi connectivity index (χ4v) is 2.04. The molecule has 0 aromatic heterocycles. The van der Waals surface area contributed by atoms with Crippen LogP contribution in [0, 0.1) is 6.92 Å². The fraction of sp³-hybridized carbons (Fsp3) is 0.455. The van der Waals surface area contributed by atoms with E-state index in [9.17, 15) is 0 Å². The molecule has 1 heterocycles. The highest BCUT2D eigenvalue weighted by Crippen LogP contribution is 2.43. The smallest absolute Gasteiger partial charge is 0.231 e. The van der Waals surface area contributed by atoms with E-state index in [-0.39, 0.29) is 6.79 Å². The number of fused-ring (bicyclic) bond motifs is 1. The van der Waals surface area contributed by atoms with Crippen molar-refractivity contribution in [2.24, 2.45) is 5.73 Å². The van der Waals surface area contributed by atoms with Crippen molar-refractivity contribution in [1.29, 1.82) is 0 Å². The van der Waals surface area contributed by atoms with Crippen molar-refractivity contribution in [2.45, 2.75) is 26.3 Å². The van der Waals surface area contributed by atoms with E-state index >= 15 is 0 Å². The topological polar surface area (TPSA) is 44.5 Å². The molecule has 82 valence electrons. The van der Waals surface area contributed by atoms with E-state index in [0.29, 0.717) is 5.02 Å². The van der Waals surface area contributed by atoms with Crippen LogP contribution in [0.1, 0.15) is 25.0 Å². The molecule has 4 heteroatoms. The molecule has 3 nitrogen and oxygen atoms in total. The van der Waals surface area contributed by atoms with Gasteiger partial charge in [-0.05, 0) is 32.4 Å². The second-order valence-electron chi connectivity index (χ2n) is 4.32. The van der Waals surface area contributed by atoms with Gasteiger partial charge in [0.2, 0.25) is 6.79 Å². The summed E-state index contributed by atoms with van der Waals surface area (Å²) in [7, 11) is 0. The van der Waals surface area contributed by atoms with Gasteiger partial charge < -0.3 is 15.2 Å². The van der Waals surface area contributed by atoms with E-state index in [1.165, 1.54) is 0 Å². The third-order valence-electron chi connectivity index (χ3n) is 2.52. The largest absolute Gasteiger partial charge is 0.454 e. The van der Waals surface area contributed by atoms with Crippen LogP contribution in [0.5, 0.6) is 11.5 Å². The van der Waals surface area contributed by atoms with Crippen molar-refractivity contribution in [1.82, 2.24) is 0 Å². The van der Waals surface area contributed by atoms with Gasteiger partial charge in [0, 0.05) is 11.1 Å². The number of halogens is 1. The van der Waals surface area contributed by atoms with Gasteiger partial charge in [-0.1, -0.05) is 11.6 Å². The zero-order valence-corrected chi connectivity index (χ0v) is 9.81. The van der Waals surface area contributed by atoms with Gasteiger partial charge in [0.05, 0.1) is 5.02 Å². The molecule has 0 radical (unpaired) electrons. The quantitative estimate of drug-likeness (QED) is 0.802. The maximum atomic E-state index is 6.25. The molecular formula is C11H14ClNO2. The Morgan fingerprint density at radius 1 is 1.40 bits per heavy atom. The van der Waals surface area contributed by atoms with Gasteiger partial charge in [-0.3, -0.25) is 0 Å². The first-order valence-corrected chi connectivity index (χ1v) is 5.17. The molecule has 1 aromatic carbocycles. The van der Waals surface area contributed by atoms with Gasteiger partial charge in [-0.15, -0.1) is 0 Å². The predicted octanol–water partition coefficient (Wildman–Crippen LogP) is 2.57. The lowest BCUT2D eigenvalue weighted by Crippen LogP contribution is -2.29. The minimum atomic E-state index is -0.483. The van der Waals surface area contributed by atoms with E-state index in [1.807, 2.05) is 26.8 Å². The molecule has 0 atom stereocenters. The minimum Gasteiger partial charge on any atom is -0.454 e. The van der Waals surface area contributed by atoms with E-state index in [1.54, 1.807) is 0 Å². The standard InChI is InChI=1S/C11H14ClNO2/c1-6-9(12)7(11(2,3)13)4-8-10(6)15-5-14-8/h4H,5,13H2,1-3H3. The Bertz CT molecular complexity index is 410. The summed E-state index contributed by atoms with van der Waals surface area (Å²) in [4.78, 5) is 0. The molecule has 2 rings (SSSR count). The average Bonchev–Trinajstić information content (AvgIpc) is 2.57. The molecule has 0 amide bonds. The lowest BCUT2D eigenvalue weighted by molar-refractivity contribution is 0.173. The first-order chi connectivity index (χ1) is 6.91. The number of nitrogens with two attached hydrogens (primary N) is 1. The molecule has 2 N–H and O–H groups in total. The maximum absolute atomic E-state index is 6.25. The van der Waals surface area contributed by atoms with Gasteiger partial charge >= 0.3 is 0 Å². The lowest BCUT2D eigenvalue weighted by Gasteiger charge is -2.22. The second kappa shape index (κ2) is 3.29. The SMILES string of the molecule is Cc1c(Cl)c(C(C)(C)N)cc2c1OCO2. The first-order valence-electron chi connectivity index (χ1n) is 4.79. The Hall–Kier alpha value is -0.930. The molecule has 0 spiro atoms. The minimum absolute atomic E-state index is 0.251. The summed E-state index contributed by atoms with van der Waals surface area (Å²) < 4.78 is 10.7. The van der Waals surface area contributed by atoms with Crippen LogP contribution in [0.25, 0.3) is 0 Å². The lowest BCUT2D eigenvalue weighted by atomic mass is 9.93. The summed E-state index contributed by atoms with van der Waals surface area (Å²) in [6, 6.07) is 1.86. The monoisotopic (exact) mass is 227 g/mol. The highest BCUT2D eigenvalue weighted by molar-refractivity contribution is 6.32. The molecule has 0 saturated carbocycles. The van der Waals surface area contributed by atoms with Crippen molar-refractivity contribution < 1.29 is 9.47 Å². The number of hydrogen-bond acceptors (Lipinski definition) is 3. The number of benzene rings is 1. The van der Waals surface area contributed by atoms with Crippen molar-refractivity contribution in [3.05, 3.63) is 22.2 Å². The molecule has 0 fully saturated rings. The maximum Gasteiger partial charge on any atom is 0.231 e. The summed E-state index contributed by atoms with van der Waals surface area (Å²) in [5, 5.41) is 0.659. The van der Waals surface area contributed by atoms with Crippen LogP contribution in [0.4, 0.5) is 0 Å². The van der Waals surface area contributed by atoms with Crippen molar-refractivity contribution in [3.8, 4) is 11.5 Å². The van der Waals surface area contributed by atoms with Gasteiger partial charge in [-0.25, -0.2) is 0 Å². The van der Waals surface area contributed by atoms with Crippen LogP contribution in [-0.2, 0) is 5.54 Å². The third kappa shape index (κ3) is 1.66. The average molecular weight is 228 g/mol. The normalized spacial score (nSPS) is 14.5. The molecule has 1 aromatic rings. The van der Waals surface area contributed by atoms with Gasteiger partial charge in [0.1, 0.15) is 0 Å². The van der Waals surface area contributed by atoms with Crippen LogP contribution in [0.3, 0.4) is 0 Å². The van der Waals surface area contributed by atoms with Crippen molar-refractivity contribution >= 4 is 11.6 Å². The highest BCUT2D eigenvalue weighted by Gasteiger charge is 2.26. The molecule has 1 aliphatic rings. The molecular weight excluding hydrogens is 214 g/mol. The zero-order valence-electron chi connectivity index (χ0n) is 9.06. The van der Waals surface area contributed by atoms with E-state index in [4.69, 9.17) is 26.8 Å². The molecule has 15 heavy (non-hydrogen) atoms. The summed E-state index contributed by atoms with van der Waals surface area (Å²) in [5.41, 5.74) is 7.33. The summed E-state index contributed by atoms with van der Waals surface area (Å²) in [6.45, 7) is 5.98. The van der Waals surface area contributed by atoms with E-state index < -0.39 is 5.54 Å². The van der Waals surface area contributed by atoms with Gasteiger partial charge in [0.15, 0.2) is 11.5 Å². The Balaban J connectivity index is 2.64. The predicted molar refractivity (Wildman–Crippen MR) is 59.5 cm³/mol. The summed E-state index contributed by atoms with van der Waals surface area (Å²) >= 11 is 6.25. The van der Waals surface area contributed by atoms with Crippen LogP contribution in [-0.4, -0.2) is 6.79 Å². The van der Waals surface area contributed by atoms with E-state index in [0.717, 1.165) is 22.6 Å². The summed E-state index contributed by atoms with van der Waals surface area (Å²) in [6.07, 6.45) is 0. The second-order valence-corrected chi connectivity index (χ2v) is 4.70. The third-order valence-corrected chi connectivity index (χ3v) is 3.00.